The second kappa shape index (κ2) is 9.02. The topological polar surface area (TPSA) is 69.4 Å². The quantitative estimate of drug-likeness (QED) is 0.589. The van der Waals surface area contributed by atoms with E-state index in [0.717, 1.165) is 24.0 Å². The molecule has 0 aromatic heterocycles. The van der Waals surface area contributed by atoms with Crippen LogP contribution in [-0.2, 0) is 22.4 Å². The first-order chi connectivity index (χ1) is 12.0. The number of rotatable bonds is 8. The molecule has 1 unspecified atom stereocenters. The molecule has 0 saturated heterocycles. The molecule has 4 nitrogen and oxygen atoms in total. The number of carbonyl (C=O) groups is 2. The standard InChI is InChI=1S/C21H25NO3/c1-3-15(2)21(24)25-19-13-17(9-10-20(22)23)12-18(14-19)11-16-7-5-4-6-8-16/h4-8,12-15H,3,9-11H2,1-2H3,(H2,22,23). The summed E-state index contributed by atoms with van der Waals surface area (Å²) in [6.45, 7) is 3.81. The monoisotopic (exact) mass is 339 g/mol. The van der Waals surface area contributed by atoms with Gasteiger partial charge in [0.15, 0.2) is 0 Å². The minimum Gasteiger partial charge on any atom is -0.426 e. The Hall–Kier alpha value is -2.62. The summed E-state index contributed by atoms with van der Waals surface area (Å²) >= 11 is 0. The maximum absolute atomic E-state index is 12.1. The highest BCUT2D eigenvalue weighted by atomic mass is 16.5. The molecule has 1 atom stereocenters. The molecule has 25 heavy (non-hydrogen) atoms. The van der Waals surface area contributed by atoms with E-state index in [9.17, 15) is 9.59 Å². The van der Waals surface area contributed by atoms with Gasteiger partial charge < -0.3 is 10.5 Å². The summed E-state index contributed by atoms with van der Waals surface area (Å²) in [4.78, 5) is 23.2. The number of hydrogen-bond acceptors (Lipinski definition) is 3. The number of nitrogens with two attached hydrogens (primary N) is 1. The van der Waals surface area contributed by atoms with E-state index in [2.05, 4.69) is 12.1 Å². The van der Waals surface area contributed by atoms with Crippen LogP contribution >= 0.6 is 0 Å². The Morgan fingerprint density at radius 1 is 1.04 bits per heavy atom. The van der Waals surface area contributed by atoms with Gasteiger partial charge in [-0.2, -0.15) is 0 Å². The summed E-state index contributed by atoms with van der Waals surface area (Å²) in [5.41, 5.74) is 8.41. The first kappa shape index (κ1) is 18.7. The molecule has 4 heteroatoms. The fraction of sp³-hybridized carbons (Fsp3) is 0.333. The highest BCUT2D eigenvalue weighted by molar-refractivity contribution is 5.75. The van der Waals surface area contributed by atoms with Crippen LogP contribution in [0.5, 0.6) is 5.75 Å². The number of primary amides is 1. The van der Waals surface area contributed by atoms with Crippen LogP contribution in [0.1, 0.15) is 43.4 Å². The Bertz CT molecular complexity index is 725. The largest absolute Gasteiger partial charge is 0.426 e. The van der Waals surface area contributed by atoms with Crippen LogP contribution in [0.4, 0.5) is 0 Å². The van der Waals surface area contributed by atoms with E-state index in [1.165, 1.54) is 5.56 Å². The van der Waals surface area contributed by atoms with Crippen LogP contribution in [0.15, 0.2) is 48.5 Å². The van der Waals surface area contributed by atoms with Crippen LogP contribution in [-0.4, -0.2) is 11.9 Å². The number of aryl methyl sites for hydroxylation is 1. The second-order valence-corrected chi connectivity index (χ2v) is 6.34. The first-order valence-electron chi connectivity index (χ1n) is 8.64. The van der Waals surface area contributed by atoms with E-state index >= 15 is 0 Å². The van der Waals surface area contributed by atoms with Gasteiger partial charge in [-0.1, -0.05) is 50.2 Å². The SMILES string of the molecule is CCC(C)C(=O)Oc1cc(CCC(N)=O)cc(Cc2ccccc2)c1. The van der Waals surface area contributed by atoms with Crippen molar-refractivity contribution >= 4 is 11.9 Å². The van der Waals surface area contributed by atoms with Gasteiger partial charge in [-0.15, -0.1) is 0 Å². The van der Waals surface area contributed by atoms with E-state index in [1.54, 1.807) is 0 Å². The molecule has 0 saturated carbocycles. The van der Waals surface area contributed by atoms with Gasteiger partial charge in [-0.25, -0.2) is 0 Å². The zero-order chi connectivity index (χ0) is 18.2. The molecule has 0 heterocycles. The average Bonchev–Trinajstić information content (AvgIpc) is 2.60. The number of benzene rings is 2. The molecule has 0 radical (unpaired) electrons. The summed E-state index contributed by atoms with van der Waals surface area (Å²) in [7, 11) is 0. The van der Waals surface area contributed by atoms with E-state index in [4.69, 9.17) is 10.5 Å². The number of amides is 1. The maximum Gasteiger partial charge on any atom is 0.314 e. The highest BCUT2D eigenvalue weighted by Crippen LogP contribution is 2.22. The molecule has 132 valence electrons. The van der Waals surface area contributed by atoms with E-state index in [1.807, 2.05) is 50.2 Å². The number of ether oxygens (including phenoxy) is 1. The predicted molar refractivity (Wildman–Crippen MR) is 98.3 cm³/mol. The highest BCUT2D eigenvalue weighted by Gasteiger charge is 2.14. The van der Waals surface area contributed by atoms with Gasteiger partial charge in [0.2, 0.25) is 5.91 Å². The molecule has 0 bridgehead atoms. The third-order valence-corrected chi connectivity index (χ3v) is 4.17. The summed E-state index contributed by atoms with van der Waals surface area (Å²) < 4.78 is 5.54. The molecule has 0 fully saturated rings. The fourth-order valence-electron chi connectivity index (χ4n) is 2.52. The van der Waals surface area contributed by atoms with Crippen molar-refractivity contribution in [2.24, 2.45) is 11.7 Å². The molecule has 0 spiro atoms. The molecular formula is C21H25NO3. The Kier molecular flexibility index (Phi) is 6.75. The second-order valence-electron chi connectivity index (χ2n) is 6.34. The van der Waals surface area contributed by atoms with Gasteiger partial charge in [0.25, 0.3) is 0 Å². The molecule has 0 aliphatic rings. The lowest BCUT2D eigenvalue weighted by molar-refractivity contribution is -0.138. The van der Waals surface area contributed by atoms with E-state index < -0.39 is 0 Å². The van der Waals surface area contributed by atoms with Crippen LogP contribution in [0.3, 0.4) is 0 Å². The average molecular weight is 339 g/mol. The molecule has 0 aliphatic heterocycles. The van der Waals surface area contributed by atoms with Crippen molar-refractivity contribution < 1.29 is 14.3 Å². The van der Waals surface area contributed by atoms with Gasteiger partial charge in [0, 0.05) is 6.42 Å². The lowest BCUT2D eigenvalue weighted by atomic mass is 10.00. The number of carbonyl (C=O) groups excluding carboxylic acids is 2. The summed E-state index contributed by atoms with van der Waals surface area (Å²) in [6, 6.07) is 15.8. The zero-order valence-electron chi connectivity index (χ0n) is 14.8. The predicted octanol–water partition coefficient (Wildman–Crippen LogP) is 3.65. The van der Waals surface area contributed by atoms with Gasteiger partial charge in [-0.3, -0.25) is 9.59 Å². The molecule has 2 N–H and O–H groups in total. The van der Waals surface area contributed by atoms with Crippen molar-refractivity contribution in [3.05, 3.63) is 65.2 Å². The third kappa shape index (κ3) is 6.07. The van der Waals surface area contributed by atoms with Crippen LogP contribution in [0.25, 0.3) is 0 Å². The molecule has 2 aromatic carbocycles. The van der Waals surface area contributed by atoms with Crippen molar-refractivity contribution in [3.8, 4) is 5.75 Å². The first-order valence-corrected chi connectivity index (χ1v) is 8.64. The van der Waals surface area contributed by atoms with Crippen LogP contribution in [0.2, 0.25) is 0 Å². The van der Waals surface area contributed by atoms with Crippen molar-refractivity contribution in [1.82, 2.24) is 0 Å². The summed E-state index contributed by atoms with van der Waals surface area (Å²) in [5, 5.41) is 0. The minimum atomic E-state index is -0.341. The molecule has 1 amide bonds. The molecule has 2 aromatic rings. The smallest absolute Gasteiger partial charge is 0.314 e. The molecule has 2 rings (SSSR count). The van der Waals surface area contributed by atoms with Crippen molar-refractivity contribution in [2.75, 3.05) is 0 Å². The molecular weight excluding hydrogens is 314 g/mol. The van der Waals surface area contributed by atoms with Gasteiger partial charge in [-0.05, 0) is 48.1 Å². The maximum atomic E-state index is 12.1. The van der Waals surface area contributed by atoms with Crippen molar-refractivity contribution in [3.63, 3.8) is 0 Å². The van der Waals surface area contributed by atoms with Gasteiger partial charge in [0.05, 0.1) is 5.92 Å². The zero-order valence-corrected chi connectivity index (χ0v) is 14.8. The molecule has 0 aliphatic carbocycles. The van der Waals surface area contributed by atoms with Gasteiger partial charge >= 0.3 is 5.97 Å². The lowest BCUT2D eigenvalue weighted by Crippen LogP contribution is -2.17. The van der Waals surface area contributed by atoms with E-state index in [0.29, 0.717) is 12.2 Å². The Labute approximate surface area is 149 Å². The normalized spacial score (nSPS) is 11.8. The Morgan fingerprint density at radius 2 is 1.72 bits per heavy atom. The van der Waals surface area contributed by atoms with Crippen LogP contribution in [0, 0.1) is 5.92 Å². The van der Waals surface area contributed by atoms with Crippen molar-refractivity contribution in [1.29, 1.82) is 0 Å². The third-order valence-electron chi connectivity index (χ3n) is 4.17. The Balaban J connectivity index is 2.24. The van der Waals surface area contributed by atoms with Crippen molar-refractivity contribution in [2.45, 2.75) is 39.5 Å². The Morgan fingerprint density at radius 3 is 2.36 bits per heavy atom. The van der Waals surface area contributed by atoms with Gasteiger partial charge in [0.1, 0.15) is 5.75 Å². The fourth-order valence-corrected chi connectivity index (χ4v) is 2.52. The number of esters is 1. The minimum absolute atomic E-state index is 0.146. The lowest BCUT2D eigenvalue weighted by Gasteiger charge is -2.12. The van der Waals surface area contributed by atoms with E-state index in [-0.39, 0.29) is 24.2 Å². The van der Waals surface area contributed by atoms with Crippen LogP contribution < -0.4 is 10.5 Å². The summed E-state index contributed by atoms with van der Waals surface area (Å²) in [5.74, 6) is -0.197. The summed E-state index contributed by atoms with van der Waals surface area (Å²) in [6.07, 6.45) is 2.27. The number of hydrogen-bond donors (Lipinski definition) is 1.